The van der Waals surface area contributed by atoms with Crippen LogP contribution in [0.1, 0.15) is 271 Å². The molecule has 0 radical (unpaired) electrons. The number of unbranched alkanes of at least 4 members (excludes halogenated alkanes) is 28. The summed E-state index contributed by atoms with van der Waals surface area (Å²) in [4.78, 5) is 13.5. The first-order valence-electron chi connectivity index (χ1n) is 40.3. The van der Waals surface area contributed by atoms with Gasteiger partial charge in [0.25, 0.3) is 0 Å². The van der Waals surface area contributed by atoms with Crippen LogP contribution in [-0.4, -0.2) is 193 Å². The predicted octanol–water partition coefficient (Wildman–Crippen LogP) is 13.5. The molecule has 0 saturated carbocycles. The van der Waals surface area contributed by atoms with Gasteiger partial charge in [0.05, 0.1) is 38.6 Å². The van der Waals surface area contributed by atoms with Crippen LogP contribution in [-0.2, 0) is 33.2 Å². The van der Waals surface area contributed by atoms with Gasteiger partial charge in [-0.05, 0) is 96.3 Å². The third-order valence-corrected chi connectivity index (χ3v) is 19.2. The molecule has 3 aliphatic heterocycles. The number of carbonyl (C=O) groups excluding carboxylic acids is 1. The van der Waals surface area contributed by atoms with Crippen molar-refractivity contribution in [2.45, 2.75) is 375 Å². The molecule has 103 heavy (non-hydrogen) atoms. The van der Waals surface area contributed by atoms with E-state index >= 15 is 0 Å². The largest absolute Gasteiger partial charge is 0.394 e. The van der Waals surface area contributed by atoms with E-state index in [1.165, 1.54) is 141 Å². The fourth-order valence-electron chi connectivity index (χ4n) is 12.8. The Kier molecular flexibility index (Phi) is 57.3. The summed E-state index contributed by atoms with van der Waals surface area (Å²) in [5.41, 5.74) is 0. The highest BCUT2D eigenvalue weighted by molar-refractivity contribution is 5.76. The highest BCUT2D eigenvalue weighted by Crippen LogP contribution is 2.33. The molecule has 0 spiro atoms. The highest BCUT2D eigenvalue weighted by atomic mass is 16.8. The second-order valence-corrected chi connectivity index (χ2v) is 28.1. The Morgan fingerprint density at radius 2 is 0.680 bits per heavy atom. The van der Waals surface area contributed by atoms with Crippen LogP contribution in [0, 0.1) is 0 Å². The normalized spacial score (nSPS) is 26.7. The standard InChI is InChI=1S/C84H143NO18/c1-3-5-7-9-11-13-15-17-19-21-23-25-27-29-31-33-35-37-39-41-43-45-47-49-51-53-55-57-59-61-68(89)67(85-72(90)62-60-58-56-54-52-50-48-46-44-42-40-38-36-34-32-30-28-26-24-22-20-18-16-14-12-10-8-6-4-2)66-98-82-78(96)75(93)80(70(64-87)100-82)103-84-79(97)76(94)81(71(65-88)101-84)102-83-77(95)74(92)73(91)69(63-86)99-83/h6,8,12,14,18,20,24,26,30,32,36,38,42,44,48,50-51,53,59,61,67-71,73-84,86-89,91-97H,3-5,7,9-11,13,15-17,19,21-23,25,27-29,31,33-35,37,39-41,43,45-47,49,52,54-58,60,62-66H2,1-2H3,(H,85,90)/b8-6-,14-12-,20-18-,26-24-,32-30-,38-36-,44-42-,50-48-,53-51+,61-59+. The molecule has 3 aliphatic rings. The van der Waals surface area contributed by atoms with E-state index in [2.05, 4.69) is 129 Å². The fourth-order valence-corrected chi connectivity index (χ4v) is 12.8. The Balaban J connectivity index is 1.41. The minimum atomic E-state index is -1.99. The average molecular weight is 1460 g/mol. The van der Waals surface area contributed by atoms with E-state index in [1.54, 1.807) is 6.08 Å². The first kappa shape index (κ1) is 93.4. The number of carbonyl (C=O) groups is 1. The van der Waals surface area contributed by atoms with Crippen molar-refractivity contribution >= 4 is 5.91 Å². The molecule has 592 valence electrons. The van der Waals surface area contributed by atoms with Crippen molar-refractivity contribution in [3.05, 3.63) is 122 Å². The zero-order chi connectivity index (χ0) is 74.6. The number of aliphatic hydroxyl groups excluding tert-OH is 11. The van der Waals surface area contributed by atoms with Gasteiger partial charge in [-0.1, -0.05) is 289 Å². The van der Waals surface area contributed by atoms with Crippen LogP contribution in [0.2, 0.25) is 0 Å². The minimum Gasteiger partial charge on any atom is -0.394 e. The lowest BCUT2D eigenvalue weighted by atomic mass is 9.96. The van der Waals surface area contributed by atoms with Crippen molar-refractivity contribution in [2.24, 2.45) is 0 Å². The molecule has 0 aromatic rings. The predicted molar refractivity (Wildman–Crippen MR) is 410 cm³/mol. The van der Waals surface area contributed by atoms with Crippen LogP contribution in [0.5, 0.6) is 0 Å². The van der Waals surface area contributed by atoms with Gasteiger partial charge < -0.3 is 89.9 Å². The molecule has 3 saturated heterocycles. The summed E-state index contributed by atoms with van der Waals surface area (Å²) < 4.78 is 34.4. The van der Waals surface area contributed by atoms with Crippen molar-refractivity contribution in [3.63, 3.8) is 0 Å². The second-order valence-electron chi connectivity index (χ2n) is 28.1. The van der Waals surface area contributed by atoms with Crippen molar-refractivity contribution in [1.82, 2.24) is 5.32 Å². The maximum absolute atomic E-state index is 13.5. The number of allylic oxidation sites excluding steroid dienone is 19. The summed E-state index contributed by atoms with van der Waals surface area (Å²) in [6.07, 6.45) is 61.8. The molecular weight excluding hydrogens is 1310 g/mol. The quantitative estimate of drug-likeness (QED) is 0.0199. The van der Waals surface area contributed by atoms with Crippen LogP contribution >= 0.6 is 0 Å². The number of ether oxygens (including phenoxy) is 6. The van der Waals surface area contributed by atoms with Gasteiger partial charge in [-0.2, -0.15) is 0 Å². The Morgan fingerprint density at radius 3 is 1.09 bits per heavy atom. The third-order valence-electron chi connectivity index (χ3n) is 19.2. The van der Waals surface area contributed by atoms with Gasteiger partial charge in [-0.3, -0.25) is 4.79 Å². The minimum absolute atomic E-state index is 0.198. The van der Waals surface area contributed by atoms with Crippen LogP contribution < -0.4 is 5.32 Å². The van der Waals surface area contributed by atoms with E-state index in [1.807, 2.05) is 6.08 Å². The number of nitrogens with one attached hydrogen (secondary N) is 1. The number of hydrogen-bond acceptors (Lipinski definition) is 18. The molecule has 17 unspecified atom stereocenters. The van der Waals surface area contributed by atoms with Crippen molar-refractivity contribution < 1.29 is 89.4 Å². The zero-order valence-electron chi connectivity index (χ0n) is 63.3. The Morgan fingerprint density at radius 1 is 0.359 bits per heavy atom. The lowest BCUT2D eigenvalue weighted by Crippen LogP contribution is -2.66. The SMILES string of the molecule is CC/C=C\C/C=C\C/C=C\C/C=C\C/C=C\C/C=C\C/C=C\C/C=C\CCCCCCC(=O)NC(COC1OC(CO)C(OC2OC(CO)C(OC3OC(CO)C(O)C(O)C3O)C(O)C2O)C(O)C1O)C(O)/C=C/CC/C=C/CCCCCCCCCCCCCCCCCCCCCCCCC. The summed E-state index contributed by atoms with van der Waals surface area (Å²) in [6, 6.07) is -1.02. The van der Waals surface area contributed by atoms with Gasteiger partial charge >= 0.3 is 0 Å². The maximum atomic E-state index is 13.5. The molecule has 0 aromatic carbocycles. The van der Waals surface area contributed by atoms with E-state index in [0.29, 0.717) is 12.8 Å². The lowest BCUT2D eigenvalue weighted by molar-refractivity contribution is -0.379. The Labute approximate surface area is 620 Å². The van der Waals surface area contributed by atoms with Crippen molar-refractivity contribution in [3.8, 4) is 0 Å². The van der Waals surface area contributed by atoms with Crippen LogP contribution in [0.3, 0.4) is 0 Å². The van der Waals surface area contributed by atoms with Crippen molar-refractivity contribution in [2.75, 3.05) is 26.4 Å². The summed E-state index contributed by atoms with van der Waals surface area (Å²) >= 11 is 0. The summed E-state index contributed by atoms with van der Waals surface area (Å²) in [5, 5.41) is 121. The molecule has 0 aromatic heterocycles. The molecule has 3 fully saturated rings. The van der Waals surface area contributed by atoms with E-state index in [4.69, 9.17) is 28.4 Å². The average Bonchev–Trinajstić information content (AvgIpc) is 0.781. The van der Waals surface area contributed by atoms with E-state index < -0.39 is 124 Å². The monoisotopic (exact) mass is 1450 g/mol. The van der Waals surface area contributed by atoms with Gasteiger partial charge in [0, 0.05) is 6.42 Å². The second kappa shape index (κ2) is 63.2. The molecule has 0 aliphatic carbocycles. The van der Waals surface area contributed by atoms with Gasteiger partial charge in [-0.15, -0.1) is 0 Å². The smallest absolute Gasteiger partial charge is 0.220 e. The van der Waals surface area contributed by atoms with E-state index in [0.717, 1.165) is 96.3 Å². The molecule has 19 nitrogen and oxygen atoms in total. The summed E-state index contributed by atoms with van der Waals surface area (Å²) in [5.74, 6) is -0.313. The van der Waals surface area contributed by atoms with Crippen LogP contribution in [0.15, 0.2) is 122 Å². The fraction of sp³-hybridized carbons (Fsp3) is 0.750. The van der Waals surface area contributed by atoms with Gasteiger partial charge in [-0.25, -0.2) is 0 Å². The number of amides is 1. The molecule has 0 bridgehead atoms. The third kappa shape index (κ3) is 43.1. The summed E-state index contributed by atoms with van der Waals surface area (Å²) in [7, 11) is 0. The molecule has 19 heteroatoms. The van der Waals surface area contributed by atoms with E-state index in [9.17, 15) is 61.0 Å². The zero-order valence-corrected chi connectivity index (χ0v) is 63.3. The number of hydrogen-bond donors (Lipinski definition) is 12. The maximum Gasteiger partial charge on any atom is 0.220 e. The van der Waals surface area contributed by atoms with Crippen molar-refractivity contribution in [1.29, 1.82) is 0 Å². The van der Waals surface area contributed by atoms with Gasteiger partial charge in [0.2, 0.25) is 5.91 Å². The molecule has 12 N–H and O–H groups in total. The first-order chi connectivity index (χ1) is 50.3. The lowest BCUT2D eigenvalue weighted by Gasteiger charge is -2.48. The van der Waals surface area contributed by atoms with E-state index in [-0.39, 0.29) is 18.9 Å². The Bertz CT molecular complexity index is 2330. The number of aliphatic hydroxyl groups is 11. The molecule has 1 amide bonds. The van der Waals surface area contributed by atoms with Crippen LogP contribution in [0.4, 0.5) is 0 Å². The number of rotatable bonds is 62. The molecule has 3 rings (SSSR count). The van der Waals surface area contributed by atoms with Crippen LogP contribution in [0.25, 0.3) is 0 Å². The summed E-state index contributed by atoms with van der Waals surface area (Å²) in [6.45, 7) is 1.60. The molecule has 3 heterocycles. The topological polar surface area (TPSA) is 307 Å². The highest BCUT2D eigenvalue weighted by Gasteiger charge is 2.54. The molecular formula is C84H143NO18. The Hall–Kier alpha value is -3.81. The molecule has 17 atom stereocenters. The van der Waals surface area contributed by atoms with Gasteiger partial charge in [0.1, 0.15) is 73.2 Å². The first-order valence-corrected chi connectivity index (χ1v) is 40.3. The van der Waals surface area contributed by atoms with Gasteiger partial charge in [0.15, 0.2) is 18.9 Å².